The second-order valence-electron chi connectivity index (χ2n) is 4.86. The third-order valence-corrected chi connectivity index (χ3v) is 5.21. The van der Waals surface area contributed by atoms with Gasteiger partial charge in [0.1, 0.15) is 12.2 Å². The van der Waals surface area contributed by atoms with Gasteiger partial charge in [0.25, 0.3) is 10.2 Å². The van der Waals surface area contributed by atoms with Gasteiger partial charge < -0.3 is 10.3 Å². The van der Waals surface area contributed by atoms with Crippen molar-refractivity contribution in [3.8, 4) is 0 Å². The molecular weight excluding hydrogens is 280 g/mol. The Kier molecular flexibility index (Phi) is 5.08. The quantitative estimate of drug-likeness (QED) is 0.733. The summed E-state index contributed by atoms with van der Waals surface area (Å²) in [5, 5.41) is 7.70. The minimum Gasteiger partial charge on any atom is -0.329 e. The fourth-order valence-corrected chi connectivity index (χ4v) is 3.88. The summed E-state index contributed by atoms with van der Waals surface area (Å²) in [6.45, 7) is 3.68. The molecule has 0 bridgehead atoms. The molecule has 3 N–H and O–H groups in total. The minimum atomic E-state index is -3.52. The van der Waals surface area contributed by atoms with Crippen molar-refractivity contribution in [3.05, 3.63) is 12.2 Å². The van der Waals surface area contributed by atoms with Gasteiger partial charge in [-0.05, 0) is 19.8 Å². The zero-order valence-electron chi connectivity index (χ0n) is 11.7. The number of hydrogen-bond acceptors (Lipinski definition) is 5. The SMILES string of the molecule is CCn1cnnc1CNS(=O)(=O)N1CCCCC1CN. The van der Waals surface area contributed by atoms with E-state index >= 15 is 0 Å². The lowest BCUT2D eigenvalue weighted by Crippen LogP contribution is -2.51. The Morgan fingerprint density at radius 2 is 2.30 bits per heavy atom. The van der Waals surface area contributed by atoms with Crippen molar-refractivity contribution in [1.29, 1.82) is 0 Å². The van der Waals surface area contributed by atoms with Crippen LogP contribution < -0.4 is 10.5 Å². The average Bonchev–Trinajstić information content (AvgIpc) is 2.92. The zero-order valence-corrected chi connectivity index (χ0v) is 12.5. The van der Waals surface area contributed by atoms with Gasteiger partial charge in [-0.1, -0.05) is 6.42 Å². The van der Waals surface area contributed by atoms with E-state index in [1.54, 1.807) is 10.9 Å². The number of aryl methyl sites for hydroxylation is 1. The number of hydrogen-bond donors (Lipinski definition) is 2. The maximum absolute atomic E-state index is 12.4. The molecule has 1 atom stereocenters. The number of nitrogens with one attached hydrogen (secondary N) is 1. The topological polar surface area (TPSA) is 106 Å². The molecule has 114 valence electrons. The van der Waals surface area contributed by atoms with Crippen LogP contribution in [0, 0.1) is 0 Å². The van der Waals surface area contributed by atoms with Crippen LogP contribution in [-0.2, 0) is 23.3 Å². The molecule has 0 spiro atoms. The van der Waals surface area contributed by atoms with Gasteiger partial charge in [-0.25, -0.2) is 0 Å². The maximum atomic E-state index is 12.4. The molecule has 0 aliphatic carbocycles. The number of aromatic nitrogens is 3. The van der Waals surface area contributed by atoms with E-state index in [-0.39, 0.29) is 12.6 Å². The first-order chi connectivity index (χ1) is 9.58. The van der Waals surface area contributed by atoms with E-state index in [4.69, 9.17) is 5.73 Å². The second kappa shape index (κ2) is 6.61. The Morgan fingerprint density at radius 1 is 1.50 bits per heavy atom. The molecule has 20 heavy (non-hydrogen) atoms. The largest absolute Gasteiger partial charge is 0.329 e. The number of piperidine rings is 1. The first kappa shape index (κ1) is 15.4. The fourth-order valence-electron chi connectivity index (χ4n) is 2.44. The van der Waals surface area contributed by atoms with Crippen molar-refractivity contribution in [2.75, 3.05) is 13.1 Å². The normalized spacial score (nSPS) is 21.2. The minimum absolute atomic E-state index is 0.106. The predicted molar refractivity (Wildman–Crippen MR) is 74.9 cm³/mol. The van der Waals surface area contributed by atoms with E-state index < -0.39 is 10.2 Å². The Balaban J connectivity index is 2.03. The first-order valence-electron chi connectivity index (χ1n) is 6.91. The molecule has 1 saturated heterocycles. The highest BCUT2D eigenvalue weighted by atomic mass is 32.2. The van der Waals surface area contributed by atoms with E-state index in [2.05, 4.69) is 14.9 Å². The van der Waals surface area contributed by atoms with Crippen molar-refractivity contribution in [3.63, 3.8) is 0 Å². The van der Waals surface area contributed by atoms with Crippen molar-refractivity contribution in [1.82, 2.24) is 23.8 Å². The van der Waals surface area contributed by atoms with Gasteiger partial charge in [0, 0.05) is 25.7 Å². The summed E-state index contributed by atoms with van der Waals surface area (Å²) in [7, 11) is -3.52. The van der Waals surface area contributed by atoms with E-state index in [1.165, 1.54) is 4.31 Å². The first-order valence-corrected chi connectivity index (χ1v) is 8.35. The zero-order chi connectivity index (χ0) is 14.6. The number of nitrogens with zero attached hydrogens (tertiary/aromatic N) is 4. The molecule has 0 saturated carbocycles. The molecule has 0 aromatic carbocycles. The predicted octanol–water partition coefficient (Wildman–Crippen LogP) is -0.554. The molecular formula is C11H22N6O2S. The molecule has 9 heteroatoms. The van der Waals surface area contributed by atoms with Crippen molar-refractivity contribution in [2.45, 2.75) is 45.3 Å². The van der Waals surface area contributed by atoms with Crippen molar-refractivity contribution < 1.29 is 8.42 Å². The van der Waals surface area contributed by atoms with Crippen molar-refractivity contribution >= 4 is 10.2 Å². The lowest BCUT2D eigenvalue weighted by Gasteiger charge is -2.33. The molecule has 2 rings (SSSR count). The molecule has 1 fully saturated rings. The summed E-state index contributed by atoms with van der Waals surface area (Å²) in [4.78, 5) is 0. The number of rotatable bonds is 6. The van der Waals surface area contributed by atoms with Gasteiger partial charge in [-0.15, -0.1) is 10.2 Å². The molecule has 0 radical (unpaired) electrons. The highest BCUT2D eigenvalue weighted by molar-refractivity contribution is 7.87. The molecule has 1 aliphatic rings. The Morgan fingerprint density at radius 3 is 3.00 bits per heavy atom. The van der Waals surface area contributed by atoms with Gasteiger partial charge in [0.05, 0.1) is 6.54 Å². The van der Waals surface area contributed by atoms with E-state index in [9.17, 15) is 8.42 Å². The van der Waals surface area contributed by atoms with Crippen LogP contribution in [-0.4, -0.2) is 46.6 Å². The Bertz CT molecular complexity index is 529. The highest BCUT2D eigenvalue weighted by Crippen LogP contribution is 2.19. The maximum Gasteiger partial charge on any atom is 0.280 e. The van der Waals surface area contributed by atoms with Gasteiger partial charge in [-0.2, -0.15) is 17.4 Å². The van der Waals surface area contributed by atoms with Gasteiger partial charge in [-0.3, -0.25) is 0 Å². The van der Waals surface area contributed by atoms with Crippen LogP contribution in [0.15, 0.2) is 6.33 Å². The fraction of sp³-hybridized carbons (Fsp3) is 0.818. The second-order valence-corrected chi connectivity index (χ2v) is 6.56. The lowest BCUT2D eigenvalue weighted by atomic mass is 10.1. The Labute approximate surface area is 119 Å². The summed E-state index contributed by atoms with van der Waals surface area (Å²) in [5.41, 5.74) is 5.67. The summed E-state index contributed by atoms with van der Waals surface area (Å²) >= 11 is 0. The van der Waals surface area contributed by atoms with E-state index in [1.807, 2.05) is 6.92 Å². The molecule has 8 nitrogen and oxygen atoms in total. The molecule has 0 amide bonds. The standard InChI is InChI=1S/C11H22N6O2S/c1-2-16-9-13-15-11(16)8-14-20(18,19)17-6-4-3-5-10(17)7-12/h9-10,14H,2-8,12H2,1H3. The third kappa shape index (κ3) is 3.35. The van der Waals surface area contributed by atoms with Crippen LogP contribution in [0.3, 0.4) is 0 Å². The molecule has 1 aromatic heterocycles. The van der Waals surface area contributed by atoms with Gasteiger partial charge in [0.15, 0.2) is 0 Å². The molecule has 1 unspecified atom stereocenters. The monoisotopic (exact) mass is 302 g/mol. The van der Waals surface area contributed by atoms with E-state index in [0.29, 0.717) is 25.5 Å². The van der Waals surface area contributed by atoms with Crippen LogP contribution in [0.5, 0.6) is 0 Å². The molecule has 1 aliphatic heterocycles. The summed E-state index contributed by atoms with van der Waals surface area (Å²) in [5.74, 6) is 0.609. The van der Waals surface area contributed by atoms with Crippen LogP contribution >= 0.6 is 0 Å². The van der Waals surface area contributed by atoms with Crippen LogP contribution in [0.1, 0.15) is 32.0 Å². The summed E-state index contributed by atoms with van der Waals surface area (Å²) in [6.07, 6.45) is 4.32. The Hall–Kier alpha value is -1.03. The van der Waals surface area contributed by atoms with Crippen LogP contribution in [0.25, 0.3) is 0 Å². The molecule has 2 heterocycles. The van der Waals surface area contributed by atoms with Gasteiger partial charge in [0.2, 0.25) is 0 Å². The number of nitrogens with two attached hydrogens (primary N) is 1. The third-order valence-electron chi connectivity index (χ3n) is 3.60. The van der Waals surface area contributed by atoms with Crippen LogP contribution in [0.4, 0.5) is 0 Å². The van der Waals surface area contributed by atoms with Gasteiger partial charge >= 0.3 is 0 Å². The smallest absolute Gasteiger partial charge is 0.280 e. The lowest BCUT2D eigenvalue weighted by molar-refractivity contribution is 0.254. The highest BCUT2D eigenvalue weighted by Gasteiger charge is 2.31. The van der Waals surface area contributed by atoms with Crippen LogP contribution in [0.2, 0.25) is 0 Å². The van der Waals surface area contributed by atoms with Crippen molar-refractivity contribution in [2.24, 2.45) is 5.73 Å². The van der Waals surface area contributed by atoms with E-state index in [0.717, 1.165) is 19.3 Å². The average molecular weight is 302 g/mol. The summed E-state index contributed by atoms with van der Waals surface area (Å²) < 4.78 is 30.6. The molecule has 1 aromatic rings. The summed E-state index contributed by atoms with van der Waals surface area (Å²) in [6, 6.07) is -0.106.